The van der Waals surface area contributed by atoms with Gasteiger partial charge in [0.1, 0.15) is 6.54 Å². The van der Waals surface area contributed by atoms with Gasteiger partial charge in [0.25, 0.3) is 0 Å². The molecule has 1 heterocycles. The minimum atomic E-state index is 0.785. The fraction of sp³-hybridized carbons (Fsp3) is 0.524. The zero-order chi connectivity index (χ0) is 19.1. The molecule has 0 radical (unpaired) electrons. The number of ether oxygens (including phenoxy) is 1. The molecule has 1 aromatic rings. The number of pyridine rings is 1. The van der Waals surface area contributed by atoms with Crippen LogP contribution in [-0.2, 0) is 11.3 Å². The van der Waals surface area contributed by atoms with Crippen LogP contribution in [0.2, 0.25) is 0 Å². The summed E-state index contributed by atoms with van der Waals surface area (Å²) in [6, 6.07) is 2.19. The zero-order valence-electron chi connectivity index (χ0n) is 16.6. The topological polar surface area (TPSA) is 58.9 Å². The van der Waals surface area contributed by atoms with Crippen molar-refractivity contribution in [3.8, 4) is 0 Å². The first-order chi connectivity index (χ1) is 12.0. The van der Waals surface area contributed by atoms with Crippen LogP contribution in [0.25, 0.3) is 0 Å². The maximum atomic E-state index is 7.00. The van der Waals surface area contributed by atoms with Gasteiger partial charge in [-0.15, -0.1) is 0 Å². The van der Waals surface area contributed by atoms with Crippen molar-refractivity contribution in [2.24, 2.45) is 0 Å². The lowest BCUT2D eigenvalue weighted by Crippen LogP contribution is -2.33. The Morgan fingerprint density at radius 1 is 1.08 bits per heavy atom. The minimum absolute atomic E-state index is 0.785. The van der Waals surface area contributed by atoms with Gasteiger partial charge >= 0.3 is 0 Å². The van der Waals surface area contributed by atoms with E-state index in [-0.39, 0.29) is 0 Å². The molecule has 0 aliphatic carbocycles. The monoisotopic (exact) mass is 348 g/mol. The number of unbranched alkanes of at least 4 members (excludes halogenated alkanes) is 3. The average Bonchev–Trinajstić information content (AvgIpc) is 2.62. The molecule has 140 valence electrons. The summed E-state index contributed by atoms with van der Waals surface area (Å²) < 4.78 is 7.88. The Morgan fingerprint density at radius 3 is 2.40 bits per heavy atom. The molecule has 0 amide bonds. The molecule has 0 bridgehead atoms. The summed E-state index contributed by atoms with van der Waals surface area (Å²) in [6.07, 6.45) is 14.5. The highest BCUT2D eigenvalue weighted by molar-refractivity contribution is 5.67. The molecule has 0 aliphatic heterocycles. The second-order valence-electron chi connectivity index (χ2n) is 6.18. The number of nitrogens with two attached hydrogens (primary N) is 1. The van der Waals surface area contributed by atoms with Crippen molar-refractivity contribution in [1.29, 1.82) is 0 Å². The molecule has 0 atom stereocenters. The summed E-state index contributed by atoms with van der Waals surface area (Å²) in [5, 5.41) is 12.4. The van der Waals surface area contributed by atoms with Crippen molar-refractivity contribution >= 4 is 6.21 Å². The molecule has 0 spiro atoms. The first-order valence-electron chi connectivity index (χ1n) is 8.96. The number of aryl methyl sites for hydroxylation is 3. The number of aliphatic hydroxyl groups is 1. The number of aliphatic hydroxyl groups excluding tert-OH is 1. The lowest BCUT2D eigenvalue weighted by atomic mass is 10.1. The van der Waals surface area contributed by atoms with Crippen molar-refractivity contribution in [3.05, 3.63) is 53.1 Å². The summed E-state index contributed by atoms with van der Waals surface area (Å²) in [6.45, 7) is 10.3. The molecule has 4 heteroatoms. The Labute approximate surface area is 153 Å². The number of hydrogen-bond donors (Lipinski definition) is 2. The fourth-order valence-electron chi connectivity index (χ4n) is 2.26. The Hall–Kier alpha value is -1.94. The molecule has 1 aromatic heterocycles. The SMILES string of the molecule is CC(=C/C=[NH2+])/C(C)=C\OCCCCCC[n+]1ccc(C)c(C)c1.CO. The maximum Gasteiger partial charge on any atom is 0.171 e. The van der Waals surface area contributed by atoms with Crippen molar-refractivity contribution in [2.45, 2.75) is 59.9 Å². The highest BCUT2D eigenvalue weighted by atomic mass is 16.5. The molecule has 0 unspecified atom stereocenters. The van der Waals surface area contributed by atoms with Crippen molar-refractivity contribution in [3.63, 3.8) is 0 Å². The highest BCUT2D eigenvalue weighted by Crippen LogP contribution is 2.08. The van der Waals surface area contributed by atoms with Crippen LogP contribution in [0, 0.1) is 13.8 Å². The third-order valence-electron chi connectivity index (χ3n) is 4.15. The fourth-order valence-corrected chi connectivity index (χ4v) is 2.26. The van der Waals surface area contributed by atoms with E-state index >= 15 is 0 Å². The van der Waals surface area contributed by atoms with Gasteiger partial charge in [-0.1, -0.05) is 0 Å². The summed E-state index contributed by atoms with van der Waals surface area (Å²) in [5.41, 5.74) is 4.98. The number of nitrogens with zero attached hydrogens (tertiary/aromatic N) is 1. The number of allylic oxidation sites excluding steroid dienone is 3. The molecule has 0 saturated carbocycles. The van der Waals surface area contributed by atoms with E-state index in [0.717, 1.165) is 37.8 Å². The lowest BCUT2D eigenvalue weighted by Gasteiger charge is -2.04. The van der Waals surface area contributed by atoms with Gasteiger partial charge in [0.2, 0.25) is 0 Å². The Balaban J connectivity index is 0.00000277. The minimum Gasteiger partial charge on any atom is -0.501 e. The number of hydrogen-bond acceptors (Lipinski definition) is 2. The summed E-state index contributed by atoms with van der Waals surface area (Å²) in [5.74, 6) is 0. The molecule has 0 fully saturated rings. The molecule has 1 rings (SSSR count). The van der Waals surface area contributed by atoms with Crippen LogP contribution in [0.3, 0.4) is 0 Å². The second-order valence-corrected chi connectivity index (χ2v) is 6.18. The van der Waals surface area contributed by atoms with Gasteiger partial charge in [-0.2, -0.15) is 0 Å². The molecule has 0 saturated heterocycles. The number of rotatable bonds is 10. The molecular formula is C21H36N2O2+2. The van der Waals surface area contributed by atoms with Crippen molar-refractivity contribution < 1.29 is 19.8 Å². The Morgan fingerprint density at radius 2 is 1.76 bits per heavy atom. The Kier molecular flexibility index (Phi) is 13.3. The van der Waals surface area contributed by atoms with Crippen LogP contribution in [0.15, 0.2) is 41.9 Å². The summed E-state index contributed by atoms with van der Waals surface area (Å²) in [4.78, 5) is 0. The quantitative estimate of drug-likeness (QED) is 0.224. The first-order valence-corrected chi connectivity index (χ1v) is 8.96. The van der Waals surface area contributed by atoms with Crippen LogP contribution < -0.4 is 9.98 Å². The van der Waals surface area contributed by atoms with Crippen LogP contribution >= 0.6 is 0 Å². The van der Waals surface area contributed by atoms with Crippen molar-refractivity contribution in [1.82, 2.24) is 0 Å². The second kappa shape index (κ2) is 14.4. The van der Waals surface area contributed by atoms with Gasteiger partial charge in [-0.25, -0.2) is 4.57 Å². The normalized spacial score (nSPS) is 11.6. The third-order valence-corrected chi connectivity index (χ3v) is 4.15. The molecule has 4 nitrogen and oxygen atoms in total. The van der Waals surface area contributed by atoms with Crippen LogP contribution in [-0.4, -0.2) is 25.0 Å². The van der Waals surface area contributed by atoms with E-state index < -0.39 is 0 Å². The largest absolute Gasteiger partial charge is 0.501 e. The predicted molar refractivity (Wildman–Crippen MR) is 104 cm³/mol. The van der Waals surface area contributed by atoms with Crippen LogP contribution in [0.4, 0.5) is 0 Å². The van der Waals surface area contributed by atoms with E-state index in [1.807, 2.05) is 26.2 Å². The van der Waals surface area contributed by atoms with Gasteiger partial charge in [-0.3, -0.25) is 5.41 Å². The standard InChI is InChI=1S/C20H31N2O.CH4O/c1-17(9-11-21)20(4)16-23-14-8-6-5-7-12-22-13-10-18(2)19(3)15-22;1-2/h9-11,13,15-16,21H,5-8,12,14H2,1-4H3;2H,1H3/q+1;/p+1/b17-9-,20-16-,21-11?;. The Bertz CT molecular complexity index is 563. The van der Waals surface area contributed by atoms with Gasteiger partial charge in [0.05, 0.1) is 12.9 Å². The van der Waals surface area contributed by atoms with Crippen LogP contribution in [0.5, 0.6) is 0 Å². The van der Waals surface area contributed by atoms with E-state index in [0.29, 0.717) is 0 Å². The summed E-state index contributed by atoms with van der Waals surface area (Å²) >= 11 is 0. The third kappa shape index (κ3) is 10.5. The van der Waals surface area contributed by atoms with Crippen LogP contribution in [0.1, 0.15) is 50.7 Å². The highest BCUT2D eigenvalue weighted by Gasteiger charge is 2.02. The van der Waals surface area contributed by atoms with Gasteiger partial charge in [0.15, 0.2) is 18.6 Å². The molecule has 25 heavy (non-hydrogen) atoms. The predicted octanol–water partition coefficient (Wildman–Crippen LogP) is 2.46. The van der Waals surface area contributed by atoms with Gasteiger partial charge in [0, 0.05) is 31.2 Å². The van der Waals surface area contributed by atoms with E-state index in [4.69, 9.17) is 15.3 Å². The maximum absolute atomic E-state index is 7.00. The zero-order valence-corrected chi connectivity index (χ0v) is 16.6. The van der Waals surface area contributed by atoms with E-state index in [1.165, 1.54) is 30.4 Å². The summed E-state index contributed by atoms with van der Waals surface area (Å²) in [7, 11) is 1.00. The average molecular weight is 349 g/mol. The smallest absolute Gasteiger partial charge is 0.171 e. The van der Waals surface area contributed by atoms with Gasteiger partial charge in [-0.05, 0) is 63.7 Å². The first kappa shape index (κ1) is 23.1. The molecule has 3 N–H and O–H groups in total. The van der Waals surface area contributed by atoms with E-state index in [2.05, 4.69) is 36.9 Å². The molecule has 0 aromatic carbocycles. The van der Waals surface area contributed by atoms with Gasteiger partial charge < -0.3 is 9.84 Å². The lowest BCUT2D eigenvalue weighted by molar-refractivity contribution is -0.697. The molecular weight excluding hydrogens is 312 g/mol. The van der Waals surface area contributed by atoms with Crippen molar-refractivity contribution in [2.75, 3.05) is 13.7 Å². The molecule has 0 aliphatic rings. The van der Waals surface area contributed by atoms with E-state index in [1.54, 1.807) is 6.21 Å². The van der Waals surface area contributed by atoms with E-state index in [9.17, 15) is 0 Å². The number of aromatic nitrogens is 1.